The van der Waals surface area contributed by atoms with E-state index in [0.717, 1.165) is 16.2 Å². The highest BCUT2D eigenvalue weighted by atomic mass is 32.1. The fourth-order valence-electron chi connectivity index (χ4n) is 1.08. The minimum absolute atomic E-state index is 0.176. The first kappa shape index (κ1) is 12.7. The zero-order valence-electron chi connectivity index (χ0n) is 9.75. The lowest BCUT2D eigenvalue weighted by Gasteiger charge is -2.17. The van der Waals surface area contributed by atoms with Crippen molar-refractivity contribution in [3.05, 3.63) is 15.8 Å². The first-order valence-electron chi connectivity index (χ1n) is 4.87. The molecule has 0 atom stereocenters. The molecule has 0 aliphatic carbocycles. The Balaban J connectivity index is 2.98. The maximum absolute atomic E-state index is 11.7. The van der Waals surface area contributed by atoms with E-state index >= 15 is 0 Å². The van der Waals surface area contributed by atoms with Crippen LogP contribution < -0.4 is 5.32 Å². The quantitative estimate of drug-likeness (QED) is 0.836. The Morgan fingerprint density at radius 1 is 1.38 bits per heavy atom. The van der Waals surface area contributed by atoms with Crippen molar-refractivity contribution >= 4 is 28.9 Å². The third kappa shape index (κ3) is 2.82. The standard InChI is InChI=1S/C11H15NO3S/c1-6-5-7(8(16-6)9(13)14)12-10(15)11(2,3)4/h5H,1-4H3,(H,12,15)(H,13,14). The van der Waals surface area contributed by atoms with Crippen molar-refractivity contribution in [2.75, 3.05) is 5.32 Å². The number of anilines is 1. The number of carboxylic acid groups (broad SMARTS) is 1. The summed E-state index contributed by atoms with van der Waals surface area (Å²) in [6.07, 6.45) is 0. The first-order chi connectivity index (χ1) is 7.21. The normalized spacial score (nSPS) is 11.2. The fraction of sp³-hybridized carbons (Fsp3) is 0.455. The zero-order valence-corrected chi connectivity index (χ0v) is 10.6. The lowest BCUT2D eigenvalue weighted by atomic mass is 9.95. The number of nitrogens with one attached hydrogen (secondary N) is 1. The van der Waals surface area contributed by atoms with Crippen LogP contribution in [0.2, 0.25) is 0 Å². The Kier molecular flexibility index (Phi) is 3.38. The molecule has 0 unspecified atom stereocenters. The van der Waals surface area contributed by atoms with Crippen molar-refractivity contribution in [2.45, 2.75) is 27.7 Å². The molecule has 1 heterocycles. The van der Waals surface area contributed by atoms with Crippen molar-refractivity contribution in [3.63, 3.8) is 0 Å². The Hall–Kier alpha value is -1.36. The van der Waals surface area contributed by atoms with E-state index < -0.39 is 11.4 Å². The summed E-state index contributed by atoms with van der Waals surface area (Å²) >= 11 is 1.16. The summed E-state index contributed by atoms with van der Waals surface area (Å²) in [7, 11) is 0. The minimum Gasteiger partial charge on any atom is -0.477 e. The Morgan fingerprint density at radius 2 is 1.94 bits per heavy atom. The third-order valence-electron chi connectivity index (χ3n) is 1.98. The van der Waals surface area contributed by atoms with Crippen molar-refractivity contribution in [1.29, 1.82) is 0 Å². The zero-order chi connectivity index (χ0) is 12.5. The first-order valence-corrected chi connectivity index (χ1v) is 5.68. The van der Waals surface area contributed by atoms with Crippen LogP contribution in [0.1, 0.15) is 35.3 Å². The van der Waals surface area contributed by atoms with Crippen LogP contribution in [0, 0.1) is 12.3 Å². The van der Waals surface area contributed by atoms with Crippen LogP contribution in [0.15, 0.2) is 6.07 Å². The number of rotatable bonds is 2. The highest BCUT2D eigenvalue weighted by molar-refractivity contribution is 7.14. The number of thiophene rings is 1. The van der Waals surface area contributed by atoms with Gasteiger partial charge >= 0.3 is 5.97 Å². The van der Waals surface area contributed by atoms with Gasteiger partial charge in [-0.3, -0.25) is 4.79 Å². The maximum Gasteiger partial charge on any atom is 0.348 e. The van der Waals surface area contributed by atoms with Crippen molar-refractivity contribution < 1.29 is 14.7 Å². The number of hydrogen-bond donors (Lipinski definition) is 2. The number of carbonyl (C=O) groups excluding carboxylic acids is 1. The second kappa shape index (κ2) is 4.25. The fourth-order valence-corrected chi connectivity index (χ4v) is 1.88. The third-order valence-corrected chi connectivity index (χ3v) is 3.02. The molecule has 16 heavy (non-hydrogen) atoms. The Labute approximate surface area is 98.3 Å². The molecule has 5 heteroatoms. The molecule has 1 amide bonds. The van der Waals surface area contributed by atoms with E-state index in [2.05, 4.69) is 5.32 Å². The largest absolute Gasteiger partial charge is 0.477 e. The highest BCUT2D eigenvalue weighted by Crippen LogP contribution is 2.28. The number of aryl methyl sites for hydroxylation is 1. The predicted octanol–water partition coefficient (Wildman–Crippen LogP) is 2.74. The monoisotopic (exact) mass is 241 g/mol. The average molecular weight is 241 g/mol. The van der Waals surface area contributed by atoms with Crippen LogP contribution in [-0.2, 0) is 4.79 Å². The lowest BCUT2D eigenvalue weighted by molar-refractivity contribution is -0.123. The van der Waals surface area contributed by atoms with Crippen molar-refractivity contribution in [3.8, 4) is 0 Å². The number of carbonyl (C=O) groups is 2. The van der Waals surface area contributed by atoms with Crippen LogP contribution in [0.5, 0.6) is 0 Å². The highest BCUT2D eigenvalue weighted by Gasteiger charge is 2.24. The number of aromatic carboxylic acids is 1. The molecule has 2 N–H and O–H groups in total. The molecule has 0 aliphatic heterocycles. The summed E-state index contributed by atoms with van der Waals surface area (Å²) in [5.41, 5.74) is -0.152. The van der Waals surface area contributed by atoms with Crippen LogP contribution in [0.3, 0.4) is 0 Å². The van der Waals surface area contributed by atoms with Gasteiger partial charge in [-0.1, -0.05) is 20.8 Å². The van der Waals surface area contributed by atoms with E-state index in [1.54, 1.807) is 26.8 Å². The molecule has 0 saturated heterocycles. The van der Waals surface area contributed by atoms with Gasteiger partial charge in [-0.25, -0.2) is 4.79 Å². The van der Waals surface area contributed by atoms with Gasteiger partial charge in [0, 0.05) is 10.3 Å². The topological polar surface area (TPSA) is 66.4 Å². The van der Waals surface area contributed by atoms with Crippen LogP contribution in [0.25, 0.3) is 0 Å². The molecule has 0 fully saturated rings. The molecule has 0 radical (unpaired) electrons. The van der Waals surface area contributed by atoms with Gasteiger partial charge in [0.15, 0.2) is 0 Å². The molecule has 0 aliphatic rings. The smallest absolute Gasteiger partial charge is 0.348 e. The van der Waals surface area contributed by atoms with Gasteiger partial charge in [-0.05, 0) is 13.0 Å². The molecule has 1 rings (SSSR count). The molecule has 0 aromatic carbocycles. The van der Waals surface area contributed by atoms with Gasteiger partial charge in [0.2, 0.25) is 5.91 Å². The van der Waals surface area contributed by atoms with Gasteiger partial charge < -0.3 is 10.4 Å². The molecular formula is C11H15NO3S. The van der Waals surface area contributed by atoms with Gasteiger partial charge in [-0.2, -0.15) is 0 Å². The molecule has 1 aromatic rings. The minimum atomic E-state index is -1.01. The molecule has 88 valence electrons. The lowest BCUT2D eigenvalue weighted by Crippen LogP contribution is -2.28. The van der Waals surface area contributed by atoms with E-state index in [-0.39, 0.29) is 10.8 Å². The molecular weight excluding hydrogens is 226 g/mol. The van der Waals surface area contributed by atoms with E-state index in [1.165, 1.54) is 0 Å². The van der Waals surface area contributed by atoms with Crippen LogP contribution in [-0.4, -0.2) is 17.0 Å². The van der Waals surface area contributed by atoms with Crippen molar-refractivity contribution in [2.24, 2.45) is 5.41 Å². The van der Waals surface area contributed by atoms with E-state index in [9.17, 15) is 9.59 Å². The number of carboxylic acids is 1. The van der Waals surface area contributed by atoms with E-state index in [0.29, 0.717) is 5.69 Å². The second-order valence-electron chi connectivity index (χ2n) is 4.61. The van der Waals surface area contributed by atoms with Crippen LogP contribution in [0.4, 0.5) is 5.69 Å². The van der Waals surface area contributed by atoms with Gasteiger partial charge in [0.05, 0.1) is 5.69 Å². The number of hydrogen-bond acceptors (Lipinski definition) is 3. The summed E-state index contributed by atoms with van der Waals surface area (Å²) in [6, 6.07) is 1.68. The summed E-state index contributed by atoms with van der Waals surface area (Å²) in [5.74, 6) is -1.20. The molecule has 4 nitrogen and oxygen atoms in total. The number of amides is 1. The second-order valence-corrected chi connectivity index (χ2v) is 5.87. The summed E-state index contributed by atoms with van der Waals surface area (Å²) in [4.78, 5) is 23.7. The molecule has 0 spiro atoms. The summed E-state index contributed by atoms with van der Waals surface area (Å²) in [5, 5.41) is 11.6. The summed E-state index contributed by atoms with van der Waals surface area (Å²) in [6.45, 7) is 7.15. The molecule has 1 aromatic heterocycles. The van der Waals surface area contributed by atoms with Crippen molar-refractivity contribution in [1.82, 2.24) is 0 Å². The molecule has 0 bridgehead atoms. The van der Waals surface area contributed by atoms with E-state index in [1.807, 2.05) is 6.92 Å². The Bertz CT molecular complexity index is 429. The average Bonchev–Trinajstić information content (AvgIpc) is 2.45. The van der Waals surface area contributed by atoms with Gasteiger partial charge in [0.1, 0.15) is 4.88 Å². The molecule has 0 saturated carbocycles. The van der Waals surface area contributed by atoms with Gasteiger partial charge in [-0.15, -0.1) is 11.3 Å². The Morgan fingerprint density at radius 3 is 2.38 bits per heavy atom. The summed E-state index contributed by atoms with van der Waals surface area (Å²) < 4.78 is 0. The van der Waals surface area contributed by atoms with Gasteiger partial charge in [0.25, 0.3) is 0 Å². The predicted molar refractivity (Wildman–Crippen MR) is 64.1 cm³/mol. The van der Waals surface area contributed by atoms with Crippen LogP contribution >= 0.6 is 11.3 Å². The SMILES string of the molecule is Cc1cc(NC(=O)C(C)(C)C)c(C(=O)O)s1. The maximum atomic E-state index is 11.7. The van der Waals surface area contributed by atoms with E-state index in [4.69, 9.17) is 5.11 Å².